The van der Waals surface area contributed by atoms with Crippen LogP contribution in [0.4, 0.5) is 5.00 Å². The SMILES string of the molecule is NNc1snnc1CN1CCC1C(N)=O. The minimum absolute atomic E-state index is 0.169. The molecule has 1 aromatic heterocycles. The Morgan fingerprint density at radius 2 is 2.53 bits per heavy atom. The summed E-state index contributed by atoms with van der Waals surface area (Å²) >= 11 is 1.20. The molecule has 15 heavy (non-hydrogen) atoms. The van der Waals surface area contributed by atoms with Crippen LogP contribution >= 0.6 is 11.5 Å². The smallest absolute Gasteiger partial charge is 0.234 e. The lowest BCUT2D eigenvalue weighted by Crippen LogP contribution is -2.54. The molecule has 0 aromatic carbocycles. The van der Waals surface area contributed by atoms with Crippen LogP contribution in [0.2, 0.25) is 0 Å². The van der Waals surface area contributed by atoms with Crippen LogP contribution in [-0.2, 0) is 11.3 Å². The molecular formula is C7H12N6OS. The number of nitrogens with one attached hydrogen (secondary N) is 1. The number of likely N-dealkylation sites (tertiary alicyclic amines) is 1. The molecule has 1 amide bonds. The number of amides is 1. The minimum Gasteiger partial charge on any atom is -0.368 e. The summed E-state index contributed by atoms with van der Waals surface area (Å²) in [6, 6.07) is -0.169. The van der Waals surface area contributed by atoms with Gasteiger partial charge in [-0.15, -0.1) is 5.10 Å². The van der Waals surface area contributed by atoms with Gasteiger partial charge in [0.2, 0.25) is 5.91 Å². The Morgan fingerprint density at radius 1 is 1.73 bits per heavy atom. The number of hydrogen-bond acceptors (Lipinski definition) is 7. The highest BCUT2D eigenvalue weighted by Gasteiger charge is 2.33. The summed E-state index contributed by atoms with van der Waals surface area (Å²) in [7, 11) is 0. The van der Waals surface area contributed by atoms with Crippen molar-refractivity contribution < 1.29 is 4.79 Å². The van der Waals surface area contributed by atoms with Crippen LogP contribution in [0.1, 0.15) is 12.1 Å². The highest BCUT2D eigenvalue weighted by molar-refractivity contribution is 7.10. The molecule has 5 N–H and O–H groups in total. The molecule has 2 rings (SSSR count). The second-order valence-corrected chi connectivity index (χ2v) is 4.12. The van der Waals surface area contributed by atoms with E-state index in [0.717, 1.165) is 23.7 Å². The van der Waals surface area contributed by atoms with Crippen molar-refractivity contribution in [3.8, 4) is 0 Å². The van der Waals surface area contributed by atoms with E-state index in [-0.39, 0.29) is 11.9 Å². The molecule has 0 bridgehead atoms. The first-order valence-electron chi connectivity index (χ1n) is 4.53. The summed E-state index contributed by atoms with van der Waals surface area (Å²) in [5.74, 6) is 5.01. The van der Waals surface area contributed by atoms with Gasteiger partial charge < -0.3 is 11.2 Å². The molecule has 1 aliphatic heterocycles. The maximum Gasteiger partial charge on any atom is 0.234 e. The predicted octanol–water partition coefficient (Wildman–Crippen LogP) is -1.12. The Bertz CT molecular complexity index is 366. The Morgan fingerprint density at radius 3 is 3.07 bits per heavy atom. The molecule has 1 saturated heterocycles. The molecule has 1 atom stereocenters. The van der Waals surface area contributed by atoms with Gasteiger partial charge in [0.1, 0.15) is 10.7 Å². The minimum atomic E-state index is -0.285. The molecule has 1 aliphatic rings. The van der Waals surface area contributed by atoms with Crippen molar-refractivity contribution in [2.24, 2.45) is 11.6 Å². The van der Waals surface area contributed by atoms with Gasteiger partial charge in [-0.1, -0.05) is 4.49 Å². The summed E-state index contributed by atoms with van der Waals surface area (Å²) in [5.41, 5.74) is 8.51. The number of rotatable bonds is 4. The molecular weight excluding hydrogens is 216 g/mol. The fourth-order valence-electron chi connectivity index (χ4n) is 1.57. The van der Waals surface area contributed by atoms with Crippen molar-refractivity contribution >= 4 is 22.4 Å². The zero-order valence-electron chi connectivity index (χ0n) is 8.01. The maximum atomic E-state index is 11.0. The third kappa shape index (κ3) is 1.91. The van der Waals surface area contributed by atoms with Gasteiger partial charge in [-0.2, -0.15) is 0 Å². The maximum absolute atomic E-state index is 11.0. The van der Waals surface area contributed by atoms with Crippen molar-refractivity contribution in [2.75, 3.05) is 12.0 Å². The molecule has 0 radical (unpaired) electrons. The van der Waals surface area contributed by atoms with Crippen molar-refractivity contribution in [3.63, 3.8) is 0 Å². The van der Waals surface area contributed by atoms with Crippen molar-refractivity contribution in [1.82, 2.24) is 14.5 Å². The Hall–Kier alpha value is -1.25. The fourth-order valence-corrected chi connectivity index (χ4v) is 2.05. The second kappa shape index (κ2) is 4.09. The number of nitrogen functional groups attached to an aromatic ring is 1. The second-order valence-electron chi connectivity index (χ2n) is 3.37. The van der Waals surface area contributed by atoms with E-state index < -0.39 is 0 Å². The van der Waals surface area contributed by atoms with Gasteiger partial charge in [0.05, 0.1) is 6.04 Å². The van der Waals surface area contributed by atoms with Crippen LogP contribution in [0.25, 0.3) is 0 Å². The molecule has 8 heteroatoms. The van der Waals surface area contributed by atoms with Crippen LogP contribution in [0.3, 0.4) is 0 Å². The number of nitrogens with zero attached hydrogens (tertiary/aromatic N) is 3. The number of carbonyl (C=O) groups is 1. The average Bonchev–Trinajstić information content (AvgIpc) is 2.58. The van der Waals surface area contributed by atoms with E-state index in [0.29, 0.717) is 6.54 Å². The Labute approximate surface area is 90.6 Å². The normalized spacial score (nSPS) is 21.0. The Balaban J connectivity index is 2.00. The van der Waals surface area contributed by atoms with Gasteiger partial charge in [-0.3, -0.25) is 9.69 Å². The van der Waals surface area contributed by atoms with Crippen LogP contribution in [-0.4, -0.2) is 33.0 Å². The highest BCUT2D eigenvalue weighted by Crippen LogP contribution is 2.24. The monoisotopic (exact) mass is 228 g/mol. The number of nitrogens with two attached hydrogens (primary N) is 2. The fraction of sp³-hybridized carbons (Fsp3) is 0.571. The average molecular weight is 228 g/mol. The molecule has 1 fully saturated rings. The van der Waals surface area contributed by atoms with Gasteiger partial charge in [-0.25, -0.2) is 5.84 Å². The Kier molecular flexibility index (Phi) is 2.80. The predicted molar refractivity (Wildman–Crippen MR) is 55.7 cm³/mol. The lowest BCUT2D eigenvalue weighted by atomic mass is 10.0. The van der Waals surface area contributed by atoms with Crippen molar-refractivity contribution in [1.29, 1.82) is 0 Å². The lowest BCUT2D eigenvalue weighted by molar-refractivity contribution is -0.127. The first-order valence-corrected chi connectivity index (χ1v) is 5.31. The number of primary amides is 1. The lowest BCUT2D eigenvalue weighted by Gasteiger charge is -2.38. The first kappa shape index (κ1) is 10.3. The van der Waals surface area contributed by atoms with Crippen molar-refractivity contribution in [3.05, 3.63) is 5.69 Å². The van der Waals surface area contributed by atoms with Crippen LogP contribution in [0.15, 0.2) is 0 Å². The summed E-state index contributed by atoms with van der Waals surface area (Å²) in [5, 5.41) is 4.66. The van der Waals surface area contributed by atoms with E-state index in [1.54, 1.807) is 0 Å². The van der Waals surface area contributed by atoms with Gasteiger partial charge >= 0.3 is 0 Å². The molecule has 7 nitrogen and oxygen atoms in total. The van der Waals surface area contributed by atoms with E-state index in [9.17, 15) is 4.79 Å². The number of anilines is 1. The first-order chi connectivity index (χ1) is 7.22. The van der Waals surface area contributed by atoms with Crippen LogP contribution < -0.4 is 17.0 Å². The molecule has 2 heterocycles. The largest absolute Gasteiger partial charge is 0.368 e. The molecule has 1 unspecified atom stereocenters. The number of hydrogen-bond donors (Lipinski definition) is 3. The standard InChI is InChI=1S/C7H12N6OS/c8-6(14)5-1-2-13(5)3-4-7(10-9)15-12-11-4/h5,10H,1-3,9H2,(H2,8,14). The summed E-state index contributed by atoms with van der Waals surface area (Å²) in [6.45, 7) is 1.42. The molecule has 82 valence electrons. The van der Waals surface area contributed by atoms with Crippen LogP contribution in [0, 0.1) is 0 Å². The molecule has 0 spiro atoms. The molecule has 0 aliphatic carbocycles. The third-order valence-corrected chi connectivity index (χ3v) is 3.20. The molecule has 0 saturated carbocycles. The number of hydrazine groups is 1. The van der Waals surface area contributed by atoms with E-state index in [1.807, 2.05) is 4.90 Å². The number of carbonyl (C=O) groups excluding carboxylic acids is 1. The summed E-state index contributed by atoms with van der Waals surface area (Å²) in [6.07, 6.45) is 0.818. The number of aromatic nitrogens is 2. The quantitative estimate of drug-likeness (QED) is 0.445. The van der Waals surface area contributed by atoms with Gasteiger partial charge in [0, 0.05) is 24.6 Å². The van der Waals surface area contributed by atoms with E-state index in [1.165, 1.54) is 11.5 Å². The van der Waals surface area contributed by atoms with E-state index in [4.69, 9.17) is 11.6 Å². The topological polar surface area (TPSA) is 110 Å². The van der Waals surface area contributed by atoms with Gasteiger partial charge in [0.15, 0.2) is 0 Å². The van der Waals surface area contributed by atoms with Gasteiger partial charge in [0.25, 0.3) is 0 Å². The third-order valence-electron chi connectivity index (χ3n) is 2.50. The van der Waals surface area contributed by atoms with Crippen molar-refractivity contribution in [2.45, 2.75) is 19.0 Å². The zero-order valence-corrected chi connectivity index (χ0v) is 8.83. The molecule has 1 aromatic rings. The summed E-state index contributed by atoms with van der Waals surface area (Å²) < 4.78 is 3.78. The highest BCUT2D eigenvalue weighted by atomic mass is 32.1. The van der Waals surface area contributed by atoms with E-state index in [2.05, 4.69) is 15.0 Å². The van der Waals surface area contributed by atoms with Crippen LogP contribution in [0.5, 0.6) is 0 Å². The summed E-state index contributed by atoms with van der Waals surface area (Å²) in [4.78, 5) is 12.9. The zero-order chi connectivity index (χ0) is 10.8. The van der Waals surface area contributed by atoms with Gasteiger partial charge in [-0.05, 0) is 6.42 Å². The van der Waals surface area contributed by atoms with E-state index >= 15 is 0 Å².